The van der Waals surface area contributed by atoms with Gasteiger partial charge in [-0.25, -0.2) is 0 Å². The molecule has 0 saturated heterocycles. The summed E-state index contributed by atoms with van der Waals surface area (Å²) in [6.45, 7) is 2.70. The number of nitrogens with one attached hydrogen (secondary N) is 2. The van der Waals surface area contributed by atoms with Crippen LogP contribution in [0.3, 0.4) is 0 Å². The van der Waals surface area contributed by atoms with Crippen LogP contribution in [0.25, 0.3) is 0 Å². The first kappa shape index (κ1) is 15.1. The molecule has 0 aliphatic heterocycles. The number of amides is 2. The summed E-state index contributed by atoms with van der Waals surface area (Å²) < 4.78 is 6.69. The van der Waals surface area contributed by atoms with E-state index < -0.39 is 11.8 Å². The van der Waals surface area contributed by atoms with Gasteiger partial charge in [0.1, 0.15) is 11.6 Å². The second-order valence-corrected chi connectivity index (χ2v) is 4.46. The molecule has 2 N–H and O–H groups in total. The summed E-state index contributed by atoms with van der Waals surface area (Å²) in [4.78, 5) is 23.5. The van der Waals surface area contributed by atoms with Gasteiger partial charge in [-0.15, -0.1) is 11.6 Å². The monoisotopic (exact) mass is 310 g/mol. The van der Waals surface area contributed by atoms with Crippen LogP contribution in [0.4, 0.5) is 5.69 Å². The fraction of sp³-hybridized carbons (Fsp3) is 0.308. The molecule has 0 fully saturated rings. The molecule has 7 nitrogen and oxygen atoms in total. The number of carbonyl (C=O) groups excluding carboxylic acids is 2. The number of aryl methyl sites for hydroxylation is 1. The number of carbonyl (C=O) groups is 2. The summed E-state index contributed by atoms with van der Waals surface area (Å²) in [5.74, 6) is -0.356. The zero-order valence-corrected chi connectivity index (χ0v) is 12.2. The van der Waals surface area contributed by atoms with Crippen LogP contribution >= 0.6 is 11.6 Å². The summed E-state index contributed by atoms with van der Waals surface area (Å²) in [5.41, 5.74) is 0.473. The Morgan fingerprint density at radius 2 is 2.29 bits per heavy atom. The minimum absolute atomic E-state index is 0.141. The first-order valence-electron chi connectivity index (χ1n) is 6.38. The van der Waals surface area contributed by atoms with Crippen LogP contribution in [0.5, 0.6) is 0 Å². The lowest BCUT2D eigenvalue weighted by Crippen LogP contribution is -2.25. The van der Waals surface area contributed by atoms with Gasteiger partial charge in [-0.2, -0.15) is 5.10 Å². The van der Waals surface area contributed by atoms with Gasteiger partial charge in [0.2, 0.25) is 5.91 Å². The van der Waals surface area contributed by atoms with Gasteiger partial charge in [-0.1, -0.05) is 0 Å². The fourth-order valence-electron chi connectivity index (χ4n) is 1.69. The Labute approximate surface area is 126 Å². The number of furan rings is 1. The van der Waals surface area contributed by atoms with Crippen molar-refractivity contribution in [3.05, 3.63) is 36.0 Å². The first-order valence-corrected chi connectivity index (χ1v) is 6.91. The molecule has 0 spiro atoms. The molecule has 8 heteroatoms. The predicted octanol–water partition coefficient (Wildman–Crippen LogP) is 1.60. The molecule has 2 aromatic rings. The summed E-state index contributed by atoms with van der Waals surface area (Å²) in [7, 11) is 0. The third-order valence-corrected chi connectivity index (χ3v) is 2.94. The van der Waals surface area contributed by atoms with E-state index in [4.69, 9.17) is 16.0 Å². The molecule has 0 aliphatic carbocycles. The summed E-state index contributed by atoms with van der Waals surface area (Å²) in [6.07, 6.45) is 3.12. The lowest BCUT2D eigenvalue weighted by Gasteiger charge is -2.04. The van der Waals surface area contributed by atoms with Crippen LogP contribution in [0.2, 0.25) is 0 Å². The van der Waals surface area contributed by atoms with E-state index in [1.807, 2.05) is 6.92 Å². The zero-order valence-electron chi connectivity index (χ0n) is 11.4. The minimum atomic E-state index is -0.400. The maximum absolute atomic E-state index is 12.1. The van der Waals surface area contributed by atoms with Crippen molar-refractivity contribution < 1.29 is 14.0 Å². The van der Waals surface area contributed by atoms with Crippen molar-refractivity contribution in [1.82, 2.24) is 15.1 Å². The third-order valence-electron chi connectivity index (χ3n) is 2.70. The molecule has 0 aromatic carbocycles. The smallest absolute Gasteiger partial charge is 0.274 e. The lowest BCUT2D eigenvalue weighted by atomic mass is 10.3. The number of hydrogen-bond acceptors (Lipinski definition) is 4. The lowest BCUT2D eigenvalue weighted by molar-refractivity contribution is -0.113. The van der Waals surface area contributed by atoms with Crippen molar-refractivity contribution in [1.29, 1.82) is 0 Å². The van der Waals surface area contributed by atoms with Gasteiger partial charge in [0, 0.05) is 12.7 Å². The van der Waals surface area contributed by atoms with Crippen molar-refractivity contribution in [2.24, 2.45) is 0 Å². The number of rotatable bonds is 6. The third kappa shape index (κ3) is 3.85. The number of alkyl halides is 1. The van der Waals surface area contributed by atoms with E-state index in [0.717, 1.165) is 0 Å². The number of aromatic nitrogens is 2. The zero-order chi connectivity index (χ0) is 15.2. The molecule has 2 amide bonds. The van der Waals surface area contributed by atoms with E-state index in [1.54, 1.807) is 23.0 Å². The van der Waals surface area contributed by atoms with E-state index in [1.165, 1.54) is 6.26 Å². The van der Waals surface area contributed by atoms with Gasteiger partial charge in [-0.05, 0) is 19.1 Å². The SMILES string of the molecule is CCn1cc(NC(=O)CCl)c(C(=O)NCc2ccco2)n1. The highest BCUT2D eigenvalue weighted by Gasteiger charge is 2.18. The highest BCUT2D eigenvalue weighted by Crippen LogP contribution is 2.14. The Balaban J connectivity index is 2.10. The van der Waals surface area contributed by atoms with Crippen LogP contribution in [0.15, 0.2) is 29.0 Å². The van der Waals surface area contributed by atoms with Crippen LogP contribution in [-0.4, -0.2) is 27.5 Å². The summed E-state index contributed by atoms with van der Waals surface area (Å²) in [5, 5.41) is 9.36. The molecular formula is C13H15ClN4O3. The molecule has 2 rings (SSSR count). The normalized spacial score (nSPS) is 10.4. The topological polar surface area (TPSA) is 89.2 Å². The molecule has 112 valence electrons. The number of halogens is 1. The Morgan fingerprint density at radius 3 is 2.90 bits per heavy atom. The largest absolute Gasteiger partial charge is 0.467 e. The van der Waals surface area contributed by atoms with Crippen molar-refractivity contribution in [3.63, 3.8) is 0 Å². The van der Waals surface area contributed by atoms with Crippen LogP contribution in [0.1, 0.15) is 23.2 Å². The first-order chi connectivity index (χ1) is 10.1. The Hall–Kier alpha value is -2.28. The van der Waals surface area contributed by atoms with Crippen molar-refractivity contribution >= 4 is 29.1 Å². The molecule has 0 unspecified atom stereocenters. The second-order valence-electron chi connectivity index (χ2n) is 4.19. The van der Waals surface area contributed by atoms with E-state index in [9.17, 15) is 9.59 Å². The van der Waals surface area contributed by atoms with E-state index in [-0.39, 0.29) is 18.1 Å². The fourth-order valence-corrected chi connectivity index (χ4v) is 1.76. The number of hydrogen-bond donors (Lipinski definition) is 2. The molecule has 0 radical (unpaired) electrons. The Morgan fingerprint density at radius 1 is 1.48 bits per heavy atom. The quantitative estimate of drug-likeness (QED) is 0.793. The van der Waals surface area contributed by atoms with Gasteiger partial charge in [0.25, 0.3) is 5.91 Å². The minimum Gasteiger partial charge on any atom is -0.467 e. The summed E-state index contributed by atoms with van der Waals surface area (Å²) in [6, 6.07) is 3.49. The van der Waals surface area contributed by atoms with Crippen molar-refractivity contribution in [2.75, 3.05) is 11.2 Å². The standard InChI is InChI=1S/C13H15ClN4O3/c1-2-18-8-10(16-11(19)6-14)12(17-18)13(20)15-7-9-4-3-5-21-9/h3-5,8H,2,6-7H2,1H3,(H,15,20)(H,16,19). The molecular weight excluding hydrogens is 296 g/mol. The molecule has 0 aliphatic rings. The van der Waals surface area contributed by atoms with Crippen LogP contribution < -0.4 is 10.6 Å². The van der Waals surface area contributed by atoms with E-state index >= 15 is 0 Å². The maximum atomic E-state index is 12.1. The van der Waals surface area contributed by atoms with Gasteiger partial charge in [-0.3, -0.25) is 14.3 Å². The molecule has 0 atom stereocenters. The van der Waals surface area contributed by atoms with Crippen molar-refractivity contribution in [3.8, 4) is 0 Å². The van der Waals surface area contributed by atoms with Crippen LogP contribution in [-0.2, 0) is 17.9 Å². The molecule has 2 aromatic heterocycles. The molecule has 0 saturated carbocycles. The van der Waals surface area contributed by atoms with Crippen LogP contribution in [0, 0.1) is 0 Å². The van der Waals surface area contributed by atoms with Crippen molar-refractivity contribution in [2.45, 2.75) is 20.0 Å². The van der Waals surface area contributed by atoms with Gasteiger partial charge < -0.3 is 15.1 Å². The average Bonchev–Trinajstić information content (AvgIpc) is 3.13. The van der Waals surface area contributed by atoms with E-state index in [0.29, 0.717) is 18.0 Å². The van der Waals surface area contributed by atoms with E-state index in [2.05, 4.69) is 15.7 Å². The summed E-state index contributed by atoms with van der Waals surface area (Å²) >= 11 is 5.45. The Bertz CT molecular complexity index is 621. The highest BCUT2D eigenvalue weighted by molar-refractivity contribution is 6.29. The maximum Gasteiger partial charge on any atom is 0.274 e. The van der Waals surface area contributed by atoms with Gasteiger partial charge in [0.05, 0.1) is 18.5 Å². The number of anilines is 1. The molecule has 0 bridgehead atoms. The highest BCUT2D eigenvalue weighted by atomic mass is 35.5. The second kappa shape index (κ2) is 6.94. The molecule has 21 heavy (non-hydrogen) atoms. The predicted molar refractivity (Wildman–Crippen MR) is 77.1 cm³/mol. The average molecular weight is 311 g/mol. The molecule has 2 heterocycles. The number of nitrogens with zero attached hydrogens (tertiary/aromatic N) is 2. The Kier molecular flexibility index (Phi) is 4.99. The van der Waals surface area contributed by atoms with Gasteiger partial charge in [0.15, 0.2) is 5.69 Å². The van der Waals surface area contributed by atoms with Gasteiger partial charge >= 0.3 is 0 Å².